The molecule has 0 aliphatic rings. The quantitative estimate of drug-likeness (QED) is 0.256. The summed E-state index contributed by atoms with van der Waals surface area (Å²) in [4.78, 5) is 17.4. The number of nitrogens with zero attached hydrogens (tertiary/aromatic N) is 3. The van der Waals surface area contributed by atoms with Gasteiger partial charge in [0.15, 0.2) is 17.1 Å². The molecule has 2 N–H and O–H groups in total. The van der Waals surface area contributed by atoms with Gasteiger partial charge in [0.2, 0.25) is 0 Å². The first kappa shape index (κ1) is 18.3. The number of thioether (sulfide) groups is 1. The Balaban J connectivity index is 1.53. The van der Waals surface area contributed by atoms with Crippen LogP contribution in [0.25, 0.3) is 27.7 Å². The van der Waals surface area contributed by atoms with Crippen molar-refractivity contribution in [1.82, 2.24) is 14.8 Å². The van der Waals surface area contributed by atoms with Crippen molar-refractivity contribution in [2.75, 3.05) is 0 Å². The number of para-hydroxylation sites is 1. The molecule has 7 nitrogen and oxygen atoms in total. The van der Waals surface area contributed by atoms with Crippen molar-refractivity contribution in [1.29, 1.82) is 0 Å². The maximum absolute atomic E-state index is 11.9. The van der Waals surface area contributed by atoms with Crippen molar-refractivity contribution in [3.63, 3.8) is 0 Å². The normalized spacial score (nSPS) is 11.3. The summed E-state index contributed by atoms with van der Waals surface area (Å²) in [6.07, 6.45) is 3.51. The van der Waals surface area contributed by atoms with E-state index in [4.69, 9.17) is 4.42 Å². The molecule has 0 aliphatic heterocycles. The lowest BCUT2D eigenvalue weighted by Crippen LogP contribution is -2.00. The van der Waals surface area contributed by atoms with Crippen molar-refractivity contribution in [2.24, 2.45) is 0 Å². The standard InChI is InChI=1S/C22H15N3O4S/c26-17-9-15-13(8-21(28)29-19(15)10-18(17)27)12-30-20-6-7-23-22-16(20)11-24-25(22)14-4-2-1-3-5-14/h1-11,26-27H,12H2. The van der Waals surface area contributed by atoms with E-state index in [0.717, 1.165) is 21.6 Å². The number of pyridine rings is 1. The minimum absolute atomic E-state index is 0.227. The van der Waals surface area contributed by atoms with Crippen LogP contribution in [0.1, 0.15) is 5.56 Å². The second-order valence-electron chi connectivity index (χ2n) is 6.65. The van der Waals surface area contributed by atoms with Crippen LogP contribution in [0.5, 0.6) is 11.5 Å². The van der Waals surface area contributed by atoms with E-state index in [1.807, 2.05) is 36.4 Å². The third-order valence-electron chi connectivity index (χ3n) is 4.74. The highest BCUT2D eigenvalue weighted by Crippen LogP contribution is 2.35. The van der Waals surface area contributed by atoms with Crippen LogP contribution < -0.4 is 5.63 Å². The molecule has 3 aromatic heterocycles. The summed E-state index contributed by atoms with van der Waals surface area (Å²) >= 11 is 1.53. The first-order valence-corrected chi connectivity index (χ1v) is 10.1. The second kappa shape index (κ2) is 7.23. The second-order valence-corrected chi connectivity index (χ2v) is 7.67. The first-order valence-electron chi connectivity index (χ1n) is 9.10. The van der Waals surface area contributed by atoms with Crippen molar-refractivity contribution < 1.29 is 14.6 Å². The Morgan fingerprint density at radius 2 is 1.80 bits per heavy atom. The minimum Gasteiger partial charge on any atom is -0.504 e. The Kier molecular flexibility index (Phi) is 4.40. The molecule has 30 heavy (non-hydrogen) atoms. The monoisotopic (exact) mass is 417 g/mol. The maximum Gasteiger partial charge on any atom is 0.336 e. The third kappa shape index (κ3) is 3.17. The molecule has 0 aliphatic carbocycles. The third-order valence-corrected chi connectivity index (χ3v) is 5.86. The largest absolute Gasteiger partial charge is 0.504 e. The molecule has 8 heteroatoms. The van der Waals surface area contributed by atoms with Crippen LogP contribution in [0.2, 0.25) is 0 Å². The van der Waals surface area contributed by atoms with Gasteiger partial charge in [0.1, 0.15) is 5.58 Å². The van der Waals surface area contributed by atoms with E-state index in [1.54, 1.807) is 17.1 Å². The van der Waals surface area contributed by atoms with Crippen LogP contribution in [0.15, 0.2) is 81.1 Å². The number of hydrogen-bond donors (Lipinski definition) is 2. The van der Waals surface area contributed by atoms with Crippen LogP contribution in [0.4, 0.5) is 0 Å². The summed E-state index contributed by atoms with van der Waals surface area (Å²) in [5, 5.41) is 25.5. The molecule has 0 radical (unpaired) electrons. The van der Waals surface area contributed by atoms with Crippen molar-refractivity contribution in [2.45, 2.75) is 10.6 Å². The van der Waals surface area contributed by atoms with E-state index in [-0.39, 0.29) is 17.1 Å². The van der Waals surface area contributed by atoms with Crippen LogP contribution >= 0.6 is 11.8 Å². The highest BCUT2D eigenvalue weighted by molar-refractivity contribution is 7.98. The van der Waals surface area contributed by atoms with E-state index in [1.165, 1.54) is 30.0 Å². The molecule has 2 aromatic carbocycles. The Labute approximate surface area is 174 Å². The number of aromatic hydroxyl groups is 2. The van der Waals surface area contributed by atoms with Crippen LogP contribution in [-0.2, 0) is 5.75 Å². The molecule has 5 rings (SSSR count). The van der Waals surface area contributed by atoms with Gasteiger partial charge in [-0.3, -0.25) is 0 Å². The fraction of sp³-hybridized carbons (Fsp3) is 0.0455. The zero-order chi connectivity index (χ0) is 20.7. The minimum atomic E-state index is -0.514. The molecule has 148 valence electrons. The zero-order valence-corrected chi connectivity index (χ0v) is 16.3. The number of phenols is 2. The van der Waals surface area contributed by atoms with Gasteiger partial charge in [-0.25, -0.2) is 14.5 Å². The van der Waals surface area contributed by atoms with Crippen LogP contribution in [0, 0.1) is 0 Å². The predicted octanol–water partition coefficient (Wildman–Crippen LogP) is 4.23. The summed E-state index contributed by atoms with van der Waals surface area (Å²) in [6.45, 7) is 0. The Hall–Kier alpha value is -3.78. The maximum atomic E-state index is 11.9. The van der Waals surface area contributed by atoms with Crippen molar-refractivity contribution in [3.05, 3.63) is 83.0 Å². The summed E-state index contributed by atoms with van der Waals surface area (Å²) < 4.78 is 6.94. The van der Waals surface area contributed by atoms with Gasteiger partial charge < -0.3 is 14.6 Å². The van der Waals surface area contributed by atoms with Gasteiger partial charge in [0, 0.05) is 34.4 Å². The van der Waals surface area contributed by atoms with E-state index >= 15 is 0 Å². The van der Waals surface area contributed by atoms with E-state index in [0.29, 0.717) is 16.7 Å². The molecule has 0 atom stereocenters. The molecule has 5 aromatic rings. The van der Waals surface area contributed by atoms with Gasteiger partial charge in [-0.1, -0.05) is 18.2 Å². The van der Waals surface area contributed by atoms with Crippen molar-refractivity contribution in [3.8, 4) is 17.2 Å². The van der Waals surface area contributed by atoms with Gasteiger partial charge in [0.25, 0.3) is 0 Å². The van der Waals surface area contributed by atoms with Gasteiger partial charge in [-0.2, -0.15) is 5.10 Å². The Morgan fingerprint density at radius 1 is 1.00 bits per heavy atom. The molecule has 0 saturated heterocycles. The molecular formula is C22H15N3O4S. The molecular weight excluding hydrogens is 402 g/mol. The zero-order valence-electron chi connectivity index (χ0n) is 15.5. The van der Waals surface area contributed by atoms with E-state index in [2.05, 4.69) is 10.1 Å². The summed E-state index contributed by atoms with van der Waals surface area (Å²) in [5.41, 5.74) is 2.07. The van der Waals surface area contributed by atoms with Crippen molar-refractivity contribution >= 4 is 33.8 Å². The fourth-order valence-electron chi connectivity index (χ4n) is 3.32. The van der Waals surface area contributed by atoms with Gasteiger partial charge in [-0.15, -0.1) is 11.8 Å². The van der Waals surface area contributed by atoms with E-state index in [9.17, 15) is 15.0 Å². The fourth-order valence-corrected chi connectivity index (χ4v) is 4.32. The van der Waals surface area contributed by atoms with E-state index < -0.39 is 5.63 Å². The lowest BCUT2D eigenvalue weighted by atomic mass is 10.1. The molecule has 0 unspecified atom stereocenters. The topological polar surface area (TPSA) is 101 Å². The number of benzene rings is 2. The highest BCUT2D eigenvalue weighted by Gasteiger charge is 2.13. The molecule has 0 saturated carbocycles. The Morgan fingerprint density at radius 3 is 2.63 bits per heavy atom. The highest BCUT2D eigenvalue weighted by atomic mass is 32.2. The van der Waals surface area contributed by atoms with Gasteiger partial charge in [-0.05, 0) is 29.8 Å². The molecule has 0 spiro atoms. The lowest BCUT2D eigenvalue weighted by molar-refractivity contribution is 0.403. The predicted molar refractivity (Wildman–Crippen MR) is 114 cm³/mol. The summed E-state index contributed by atoms with van der Waals surface area (Å²) in [7, 11) is 0. The SMILES string of the molecule is O=c1cc(CSc2ccnc3c2cnn3-c2ccccc2)c2cc(O)c(O)cc2o1. The molecule has 0 bridgehead atoms. The summed E-state index contributed by atoms with van der Waals surface area (Å²) in [6, 6.07) is 15.7. The molecule has 0 amide bonds. The number of rotatable bonds is 4. The Bertz CT molecular complexity index is 1440. The average molecular weight is 417 g/mol. The van der Waals surface area contributed by atoms with Gasteiger partial charge in [0.05, 0.1) is 17.3 Å². The molecule has 3 heterocycles. The number of fused-ring (bicyclic) bond motifs is 2. The van der Waals surface area contributed by atoms with Crippen LogP contribution in [0.3, 0.4) is 0 Å². The van der Waals surface area contributed by atoms with Crippen LogP contribution in [-0.4, -0.2) is 25.0 Å². The average Bonchev–Trinajstić information content (AvgIpc) is 3.19. The first-order chi connectivity index (χ1) is 14.6. The number of phenolic OH excluding ortho intramolecular Hbond substituents is 2. The smallest absolute Gasteiger partial charge is 0.336 e. The number of aromatic nitrogens is 3. The lowest BCUT2D eigenvalue weighted by Gasteiger charge is -2.08. The van der Waals surface area contributed by atoms with Gasteiger partial charge >= 0.3 is 5.63 Å². The molecule has 0 fully saturated rings. The summed E-state index contributed by atoms with van der Waals surface area (Å²) in [5.74, 6) is -0.139. The number of hydrogen-bond acceptors (Lipinski definition) is 7.